The van der Waals surface area contributed by atoms with Crippen molar-refractivity contribution in [1.82, 2.24) is 24.9 Å². The molecule has 0 aliphatic heterocycles. The molecule has 2 fully saturated rings. The molecule has 4 rings (SSSR count). The molecule has 0 unspecified atom stereocenters. The second-order valence-corrected chi connectivity index (χ2v) is 9.24. The largest absolute Gasteiger partial charge is 0.489 e. The van der Waals surface area contributed by atoms with Crippen LogP contribution in [-0.2, 0) is 23.2 Å². The normalized spacial score (nSPS) is 24.2. The summed E-state index contributed by atoms with van der Waals surface area (Å²) in [7, 11) is 3.50. The van der Waals surface area contributed by atoms with Crippen molar-refractivity contribution in [3.8, 4) is 17.1 Å². The molecule has 2 heterocycles. The van der Waals surface area contributed by atoms with Gasteiger partial charge in [-0.1, -0.05) is 12.1 Å². The Morgan fingerprint density at radius 2 is 2.06 bits per heavy atom. The zero-order chi connectivity index (χ0) is 23.5. The maximum absolute atomic E-state index is 12.4. The fourth-order valence-electron chi connectivity index (χ4n) is 4.32. The number of hydrogen-bond acceptors (Lipinski definition) is 7. The van der Waals surface area contributed by atoms with Crippen molar-refractivity contribution in [3.05, 3.63) is 24.0 Å². The van der Waals surface area contributed by atoms with Crippen molar-refractivity contribution in [2.75, 3.05) is 13.6 Å². The first-order chi connectivity index (χ1) is 15.8. The van der Waals surface area contributed by atoms with E-state index in [1.54, 1.807) is 42.0 Å². The molecule has 0 saturated heterocycles. The molecule has 0 aromatic carbocycles. The summed E-state index contributed by atoms with van der Waals surface area (Å²) in [6, 6.07) is 3.57. The van der Waals surface area contributed by atoms with Crippen molar-refractivity contribution < 1.29 is 24.2 Å². The third kappa shape index (κ3) is 5.61. The minimum Gasteiger partial charge on any atom is -0.489 e. The summed E-state index contributed by atoms with van der Waals surface area (Å²) in [5.74, 6) is 0.698. The summed E-state index contributed by atoms with van der Waals surface area (Å²) in [4.78, 5) is 29.7. The van der Waals surface area contributed by atoms with Gasteiger partial charge in [-0.05, 0) is 56.1 Å². The number of rotatable bonds is 8. The van der Waals surface area contributed by atoms with Crippen LogP contribution in [0.3, 0.4) is 0 Å². The summed E-state index contributed by atoms with van der Waals surface area (Å²) in [5.41, 5.74) is 1.78. The Hall–Kier alpha value is -3.17. The van der Waals surface area contributed by atoms with E-state index in [2.05, 4.69) is 22.2 Å². The van der Waals surface area contributed by atoms with E-state index in [4.69, 9.17) is 9.47 Å². The molecule has 2 aliphatic rings. The van der Waals surface area contributed by atoms with Gasteiger partial charge in [0.05, 0.1) is 23.9 Å². The summed E-state index contributed by atoms with van der Waals surface area (Å²) in [6.45, 7) is 2.93. The predicted octanol–water partition coefficient (Wildman–Crippen LogP) is 3.12. The lowest BCUT2D eigenvalue weighted by atomic mass is 9.87. The SMILES string of the molecule is C[C@@H]1C[C@H]1CN(C)C(=O)OCc1c(-c2ccc(O[C@H]3CCC[C@H](C(=O)O)C3)cn2)nnn1C. The molecule has 0 bridgehead atoms. The lowest BCUT2D eigenvalue weighted by molar-refractivity contribution is -0.143. The van der Waals surface area contributed by atoms with Crippen LogP contribution in [0.1, 0.15) is 44.7 Å². The van der Waals surface area contributed by atoms with Crippen LogP contribution in [0.4, 0.5) is 4.79 Å². The molecule has 2 aromatic heterocycles. The molecule has 2 saturated carbocycles. The topological polar surface area (TPSA) is 120 Å². The molecule has 178 valence electrons. The highest BCUT2D eigenvalue weighted by atomic mass is 16.6. The molecule has 2 aliphatic carbocycles. The number of ether oxygens (including phenoxy) is 2. The Labute approximate surface area is 192 Å². The number of carbonyl (C=O) groups excluding carboxylic acids is 1. The van der Waals surface area contributed by atoms with Gasteiger partial charge in [-0.25, -0.2) is 9.48 Å². The van der Waals surface area contributed by atoms with Gasteiger partial charge in [0, 0.05) is 20.6 Å². The average Bonchev–Trinajstić information content (AvgIpc) is 3.36. The highest BCUT2D eigenvalue weighted by molar-refractivity contribution is 5.70. The van der Waals surface area contributed by atoms with E-state index in [0.29, 0.717) is 54.1 Å². The van der Waals surface area contributed by atoms with Gasteiger partial charge in [0.2, 0.25) is 0 Å². The first-order valence-electron chi connectivity index (χ1n) is 11.4. The second-order valence-electron chi connectivity index (χ2n) is 9.24. The summed E-state index contributed by atoms with van der Waals surface area (Å²) < 4.78 is 13.0. The maximum atomic E-state index is 12.4. The third-order valence-corrected chi connectivity index (χ3v) is 6.63. The fourth-order valence-corrected chi connectivity index (χ4v) is 4.32. The van der Waals surface area contributed by atoms with Crippen LogP contribution in [-0.4, -0.2) is 61.7 Å². The Morgan fingerprint density at radius 3 is 2.73 bits per heavy atom. The zero-order valence-electron chi connectivity index (χ0n) is 19.3. The maximum Gasteiger partial charge on any atom is 0.409 e. The van der Waals surface area contributed by atoms with Gasteiger partial charge >= 0.3 is 12.1 Å². The number of nitrogens with zero attached hydrogens (tertiary/aromatic N) is 5. The average molecular weight is 458 g/mol. The first kappa shape index (κ1) is 23.0. The molecule has 1 amide bonds. The van der Waals surface area contributed by atoms with Crippen LogP contribution in [0.15, 0.2) is 18.3 Å². The summed E-state index contributed by atoms with van der Waals surface area (Å²) in [6.07, 6.45) is 5.13. The highest BCUT2D eigenvalue weighted by Crippen LogP contribution is 2.38. The van der Waals surface area contributed by atoms with E-state index < -0.39 is 5.97 Å². The van der Waals surface area contributed by atoms with Gasteiger partial charge in [0.25, 0.3) is 0 Å². The molecule has 10 heteroatoms. The van der Waals surface area contributed by atoms with E-state index >= 15 is 0 Å². The molecule has 4 atom stereocenters. The number of pyridine rings is 1. The Bertz CT molecular complexity index is 992. The Morgan fingerprint density at radius 1 is 1.27 bits per heavy atom. The van der Waals surface area contributed by atoms with Crippen molar-refractivity contribution in [3.63, 3.8) is 0 Å². The molecular formula is C23H31N5O5. The third-order valence-electron chi connectivity index (χ3n) is 6.63. The van der Waals surface area contributed by atoms with E-state index in [9.17, 15) is 14.7 Å². The number of carboxylic acids is 1. The number of aryl methyl sites for hydroxylation is 1. The Kier molecular flexibility index (Phi) is 6.80. The van der Waals surface area contributed by atoms with Crippen LogP contribution in [0, 0.1) is 17.8 Å². The van der Waals surface area contributed by atoms with E-state index in [-0.39, 0.29) is 24.7 Å². The van der Waals surface area contributed by atoms with Gasteiger partial charge in [-0.15, -0.1) is 5.10 Å². The number of aliphatic carboxylic acids is 1. The van der Waals surface area contributed by atoms with Crippen LogP contribution in [0.5, 0.6) is 5.75 Å². The van der Waals surface area contributed by atoms with Crippen molar-refractivity contribution in [2.45, 2.75) is 51.7 Å². The minimum absolute atomic E-state index is 0.0425. The molecule has 0 spiro atoms. The van der Waals surface area contributed by atoms with Crippen LogP contribution >= 0.6 is 0 Å². The second kappa shape index (κ2) is 9.76. The van der Waals surface area contributed by atoms with Crippen molar-refractivity contribution in [1.29, 1.82) is 0 Å². The number of carbonyl (C=O) groups is 2. The zero-order valence-corrected chi connectivity index (χ0v) is 19.3. The molecule has 0 radical (unpaired) electrons. The lowest BCUT2D eigenvalue weighted by Gasteiger charge is -2.27. The summed E-state index contributed by atoms with van der Waals surface area (Å²) >= 11 is 0. The minimum atomic E-state index is -0.763. The van der Waals surface area contributed by atoms with Crippen LogP contribution in [0.2, 0.25) is 0 Å². The van der Waals surface area contributed by atoms with Gasteiger partial charge in [-0.3, -0.25) is 9.78 Å². The molecule has 2 aromatic rings. The molecule has 1 N–H and O–H groups in total. The van der Waals surface area contributed by atoms with Gasteiger partial charge < -0.3 is 19.5 Å². The highest BCUT2D eigenvalue weighted by Gasteiger charge is 2.34. The number of amides is 1. The van der Waals surface area contributed by atoms with Crippen LogP contribution < -0.4 is 4.74 Å². The quantitative estimate of drug-likeness (QED) is 0.642. The molecular weight excluding hydrogens is 426 g/mol. The Balaban J connectivity index is 1.36. The molecule has 10 nitrogen and oxygen atoms in total. The van der Waals surface area contributed by atoms with Crippen LogP contribution in [0.25, 0.3) is 11.4 Å². The van der Waals surface area contributed by atoms with Gasteiger partial charge in [0.15, 0.2) is 0 Å². The number of hydrogen-bond donors (Lipinski definition) is 1. The van der Waals surface area contributed by atoms with E-state index in [0.717, 1.165) is 19.3 Å². The van der Waals surface area contributed by atoms with Gasteiger partial charge in [-0.2, -0.15) is 0 Å². The summed E-state index contributed by atoms with van der Waals surface area (Å²) in [5, 5.41) is 17.5. The molecule has 33 heavy (non-hydrogen) atoms. The number of carboxylic acid groups (broad SMARTS) is 1. The monoisotopic (exact) mass is 457 g/mol. The predicted molar refractivity (Wildman–Crippen MR) is 118 cm³/mol. The fraction of sp³-hybridized carbons (Fsp3) is 0.609. The van der Waals surface area contributed by atoms with E-state index in [1.165, 1.54) is 0 Å². The smallest absolute Gasteiger partial charge is 0.409 e. The van der Waals surface area contributed by atoms with Crippen molar-refractivity contribution >= 4 is 12.1 Å². The standard InChI is InChI=1S/C23H31N5O5/c1-14-9-16(14)12-27(2)23(31)32-13-20-21(25-26-28(20)3)19-8-7-18(11-24-19)33-17-6-4-5-15(10-17)22(29)30/h7-8,11,14-17H,4-6,9-10,12-13H2,1-3H3,(H,29,30)/t14-,15+,16+,17+/m1/s1. The first-order valence-corrected chi connectivity index (χ1v) is 11.4. The van der Waals surface area contributed by atoms with E-state index in [1.807, 2.05) is 0 Å². The van der Waals surface area contributed by atoms with Gasteiger partial charge in [0.1, 0.15) is 23.7 Å². The number of aromatic nitrogens is 4. The van der Waals surface area contributed by atoms with Crippen molar-refractivity contribution in [2.24, 2.45) is 24.8 Å². The lowest BCUT2D eigenvalue weighted by Crippen LogP contribution is -2.29.